The quantitative estimate of drug-likeness (QED) is 0.320. The lowest BCUT2D eigenvalue weighted by Gasteiger charge is -2.24. The van der Waals surface area contributed by atoms with Crippen molar-refractivity contribution in [1.29, 1.82) is 0 Å². The maximum atomic E-state index is 12.7. The molecule has 0 saturated carbocycles. The van der Waals surface area contributed by atoms with Crippen LogP contribution in [0.3, 0.4) is 0 Å². The monoisotopic (exact) mass is 483 g/mol. The average molecular weight is 484 g/mol. The Kier molecular flexibility index (Phi) is 12.9. The fourth-order valence-corrected chi connectivity index (χ4v) is 3.44. The molecule has 8 nitrogen and oxygen atoms in total. The van der Waals surface area contributed by atoms with Gasteiger partial charge in [0.1, 0.15) is 18.7 Å². The van der Waals surface area contributed by atoms with Crippen LogP contribution in [0.2, 0.25) is 0 Å². The molecule has 1 aromatic carbocycles. The van der Waals surface area contributed by atoms with Gasteiger partial charge >= 0.3 is 6.09 Å². The van der Waals surface area contributed by atoms with Crippen LogP contribution in [0, 0.1) is 5.92 Å². The minimum Gasteiger partial charge on any atom is -0.445 e. The number of hydrogen-bond donors (Lipinski definition) is 4. The van der Waals surface area contributed by atoms with Gasteiger partial charge < -0.3 is 20.7 Å². The van der Waals surface area contributed by atoms with E-state index >= 15 is 0 Å². The number of rotatable bonds is 13. The molecular formula is C22H33N3O5S2. The summed E-state index contributed by atoms with van der Waals surface area (Å²) in [5, 5.41) is 7.83. The number of thioether (sulfide) groups is 1. The Morgan fingerprint density at radius 1 is 1.00 bits per heavy atom. The molecule has 1 rings (SSSR count). The number of benzene rings is 1. The van der Waals surface area contributed by atoms with E-state index in [1.165, 1.54) is 6.92 Å². The van der Waals surface area contributed by atoms with Crippen LogP contribution >= 0.6 is 24.4 Å². The molecule has 0 fully saturated rings. The fraction of sp³-hybridized carbons (Fsp3) is 0.545. The third-order valence-corrected chi connectivity index (χ3v) is 5.61. The van der Waals surface area contributed by atoms with E-state index in [-0.39, 0.29) is 24.1 Å². The molecule has 32 heavy (non-hydrogen) atoms. The SMILES string of the molecule is CSCC[C@@H](NC(=O)[C@@H](C)NC(=O)[C@@H](NC(=O)OCc1ccccc1)C(C)C)C(=O)CS. The van der Waals surface area contributed by atoms with E-state index in [2.05, 4.69) is 28.6 Å². The number of carbonyl (C=O) groups is 4. The maximum Gasteiger partial charge on any atom is 0.408 e. The maximum absolute atomic E-state index is 12.7. The van der Waals surface area contributed by atoms with Gasteiger partial charge in [-0.1, -0.05) is 44.2 Å². The molecule has 0 aromatic heterocycles. The molecule has 0 bridgehead atoms. The van der Waals surface area contributed by atoms with Crippen LogP contribution < -0.4 is 16.0 Å². The molecule has 0 aliphatic heterocycles. The summed E-state index contributed by atoms with van der Waals surface area (Å²) >= 11 is 5.57. The van der Waals surface area contributed by atoms with E-state index in [0.29, 0.717) is 12.2 Å². The highest BCUT2D eigenvalue weighted by molar-refractivity contribution is 7.98. The number of alkyl carbamates (subject to hydrolysis) is 1. The minimum atomic E-state index is -0.893. The number of ether oxygens (including phenoxy) is 1. The van der Waals surface area contributed by atoms with Gasteiger partial charge in [-0.15, -0.1) is 0 Å². The second-order valence-corrected chi connectivity index (χ2v) is 8.93. The molecule has 10 heteroatoms. The Labute approximate surface area is 199 Å². The Morgan fingerprint density at radius 3 is 2.22 bits per heavy atom. The van der Waals surface area contributed by atoms with E-state index in [1.807, 2.05) is 36.6 Å². The highest BCUT2D eigenvalue weighted by atomic mass is 32.2. The molecule has 0 heterocycles. The van der Waals surface area contributed by atoms with Crippen molar-refractivity contribution in [3.8, 4) is 0 Å². The van der Waals surface area contributed by atoms with Gasteiger partial charge in [0.25, 0.3) is 0 Å². The summed E-state index contributed by atoms with van der Waals surface area (Å²) in [4.78, 5) is 49.4. The van der Waals surface area contributed by atoms with Crippen LogP contribution in [0.15, 0.2) is 30.3 Å². The van der Waals surface area contributed by atoms with Gasteiger partial charge in [0.05, 0.1) is 11.8 Å². The van der Waals surface area contributed by atoms with E-state index in [9.17, 15) is 19.2 Å². The van der Waals surface area contributed by atoms with E-state index < -0.39 is 36.0 Å². The van der Waals surface area contributed by atoms with Crippen LogP contribution in [-0.2, 0) is 25.7 Å². The van der Waals surface area contributed by atoms with Crippen molar-refractivity contribution in [1.82, 2.24) is 16.0 Å². The molecule has 0 radical (unpaired) electrons. The lowest BCUT2D eigenvalue weighted by molar-refractivity contribution is -0.131. The number of hydrogen-bond acceptors (Lipinski definition) is 7. The number of nitrogens with one attached hydrogen (secondary N) is 3. The molecule has 1 aromatic rings. The number of amides is 3. The summed E-state index contributed by atoms with van der Waals surface area (Å²) < 4.78 is 5.18. The zero-order valence-electron chi connectivity index (χ0n) is 18.9. The van der Waals surface area contributed by atoms with Gasteiger partial charge in [0, 0.05) is 0 Å². The first kappa shape index (κ1) is 27.8. The van der Waals surface area contributed by atoms with Gasteiger partial charge in [-0.2, -0.15) is 24.4 Å². The van der Waals surface area contributed by atoms with E-state index in [0.717, 1.165) is 5.56 Å². The summed E-state index contributed by atoms with van der Waals surface area (Å²) in [5.41, 5.74) is 0.824. The summed E-state index contributed by atoms with van der Waals surface area (Å²) in [5.74, 6) is -0.693. The van der Waals surface area contributed by atoms with Gasteiger partial charge in [-0.3, -0.25) is 14.4 Å². The van der Waals surface area contributed by atoms with Gasteiger partial charge in [-0.05, 0) is 36.8 Å². The number of carbonyl (C=O) groups excluding carboxylic acids is 4. The Morgan fingerprint density at radius 2 is 1.66 bits per heavy atom. The summed E-state index contributed by atoms with van der Waals surface area (Å²) in [6, 6.07) is 6.75. The van der Waals surface area contributed by atoms with Crippen molar-refractivity contribution < 1.29 is 23.9 Å². The minimum absolute atomic E-state index is 0.0184. The van der Waals surface area contributed by atoms with Crippen molar-refractivity contribution in [3.63, 3.8) is 0 Å². The van der Waals surface area contributed by atoms with E-state index in [1.54, 1.807) is 25.6 Å². The van der Waals surface area contributed by atoms with Crippen molar-refractivity contribution in [2.75, 3.05) is 17.8 Å². The molecule has 0 aliphatic rings. The van der Waals surface area contributed by atoms with E-state index in [4.69, 9.17) is 4.74 Å². The lowest BCUT2D eigenvalue weighted by Crippen LogP contribution is -2.56. The van der Waals surface area contributed by atoms with Gasteiger partial charge in [0.2, 0.25) is 11.8 Å². The fourth-order valence-electron chi connectivity index (χ4n) is 2.75. The molecule has 0 spiro atoms. The van der Waals surface area contributed by atoms with Gasteiger partial charge in [0.15, 0.2) is 5.78 Å². The normalized spacial score (nSPS) is 13.6. The molecular weight excluding hydrogens is 450 g/mol. The predicted octanol–water partition coefficient (Wildman–Crippen LogP) is 2.18. The molecule has 0 aliphatic carbocycles. The summed E-state index contributed by atoms with van der Waals surface area (Å²) in [6.07, 6.45) is 1.67. The Bertz CT molecular complexity index is 761. The van der Waals surface area contributed by atoms with Crippen LogP contribution in [0.1, 0.15) is 32.8 Å². The van der Waals surface area contributed by atoms with Crippen LogP contribution in [0.5, 0.6) is 0 Å². The number of thiol groups is 1. The first-order chi connectivity index (χ1) is 15.2. The topological polar surface area (TPSA) is 114 Å². The summed E-state index contributed by atoms with van der Waals surface area (Å²) in [6.45, 7) is 5.15. The Balaban J connectivity index is 2.64. The van der Waals surface area contributed by atoms with Crippen molar-refractivity contribution in [3.05, 3.63) is 35.9 Å². The third kappa shape index (κ3) is 9.95. The number of Topliss-reactive ketones (excluding diaryl/α,β-unsaturated/α-hetero) is 1. The second kappa shape index (κ2) is 14.8. The van der Waals surface area contributed by atoms with Crippen LogP contribution in [0.4, 0.5) is 4.79 Å². The zero-order chi connectivity index (χ0) is 24.1. The molecule has 178 valence electrons. The first-order valence-electron chi connectivity index (χ1n) is 10.4. The smallest absolute Gasteiger partial charge is 0.408 e. The van der Waals surface area contributed by atoms with Crippen LogP contribution in [-0.4, -0.2) is 59.6 Å². The number of ketones is 1. The highest BCUT2D eigenvalue weighted by Crippen LogP contribution is 2.06. The first-order valence-corrected chi connectivity index (χ1v) is 12.4. The van der Waals surface area contributed by atoms with Gasteiger partial charge in [-0.25, -0.2) is 4.79 Å². The molecule has 0 unspecified atom stereocenters. The molecule has 0 saturated heterocycles. The van der Waals surface area contributed by atoms with Crippen LogP contribution in [0.25, 0.3) is 0 Å². The average Bonchev–Trinajstić information content (AvgIpc) is 2.78. The molecule has 3 amide bonds. The van der Waals surface area contributed by atoms with Crippen molar-refractivity contribution in [2.45, 2.75) is 51.9 Å². The van der Waals surface area contributed by atoms with Crippen molar-refractivity contribution >= 4 is 48.1 Å². The predicted molar refractivity (Wildman–Crippen MR) is 130 cm³/mol. The molecule has 3 N–H and O–H groups in total. The second-order valence-electron chi connectivity index (χ2n) is 7.63. The largest absolute Gasteiger partial charge is 0.445 e. The van der Waals surface area contributed by atoms with Crippen molar-refractivity contribution in [2.24, 2.45) is 5.92 Å². The Hall–Kier alpha value is -2.20. The highest BCUT2D eigenvalue weighted by Gasteiger charge is 2.29. The lowest BCUT2D eigenvalue weighted by atomic mass is 10.0. The summed E-state index contributed by atoms with van der Waals surface area (Å²) in [7, 11) is 0. The zero-order valence-corrected chi connectivity index (χ0v) is 20.6. The molecule has 3 atom stereocenters. The third-order valence-electron chi connectivity index (χ3n) is 4.66. The standard InChI is InChI=1S/C22H33N3O5S2/c1-14(2)19(25-22(29)30-12-16-8-6-5-7-9-16)21(28)23-15(3)20(27)24-17(10-11-32-4)18(26)13-31/h5-9,14-15,17,19,31H,10-13H2,1-4H3,(H,23,28)(H,24,27)(H,25,29)/t15-,17-,19+/m1/s1.